The van der Waals surface area contributed by atoms with Crippen LogP contribution in [0.25, 0.3) is 10.2 Å². The summed E-state index contributed by atoms with van der Waals surface area (Å²) in [5, 5.41) is 9.88. The molecule has 5 nitrogen and oxygen atoms in total. The number of thiazole rings is 1. The molecule has 2 aromatic heterocycles. The van der Waals surface area contributed by atoms with Gasteiger partial charge in [-0.3, -0.25) is 9.36 Å². The summed E-state index contributed by atoms with van der Waals surface area (Å²) >= 11 is 2.95. The van der Waals surface area contributed by atoms with Crippen LogP contribution in [0.4, 0.5) is 0 Å². The van der Waals surface area contributed by atoms with Crippen LogP contribution in [-0.4, -0.2) is 19.3 Å². The van der Waals surface area contributed by atoms with E-state index in [1.54, 1.807) is 16.3 Å². The normalized spacial score (nSPS) is 11.2. The molecule has 0 atom stereocenters. The van der Waals surface area contributed by atoms with Gasteiger partial charge in [0.2, 0.25) is 0 Å². The van der Waals surface area contributed by atoms with Gasteiger partial charge in [0.25, 0.3) is 0 Å². The molecule has 0 aliphatic carbocycles. The van der Waals surface area contributed by atoms with E-state index in [0.29, 0.717) is 6.54 Å². The third-order valence-electron chi connectivity index (χ3n) is 5.34. The van der Waals surface area contributed by atoms with Gasteiger partial charge in [0.15, 0.2) is 11.0 Å². The van der Waals surface area contributed by atoms with Crippen LogP contribution in [0.3, 0.4) is 0 Å². The fourth-order valence-corrected chi connectivity index (χ4v) is 5.51. The van der Waals surface area contributed by atoms with Gasteiger partial charge in [-0.15, -0.1) is 10.2 Å². The third kappa shape index (κ3) is 4.54. The van der Waals surface area contributed by atoms with E-state index in [1.807, 2.05) is 36.4 Å². The van der Waals surface area contributed by atoms with Gasteiger partial charge in [0.05, 0.1) is 16.8 Å². The van der Waals surface area contributed by atoms with Gasteiger partial charge in [-0.1, -0.05) is 95.9 Å². The van der Waals surface area contributed by atoms with Crippen molar-refractivity contribution >= 4 is 33.3 Å². The average Bonchev–Trinajstić information content (AvgIpc) is 3.37. The summed E-state index contributed by atoms with van der Waals surface area (Å²) in [6.45, 7) is 1.18. The number of aromatic nitrogens is 4. The number of nitrogens with zero attached hydrogens (tertiary/aromatic N) is 4. The first kappa shape index (κ1) is 20.7. The Balaban J connectivity index is 1.44. The fourth-order valence-electron chi connectivity index (χ4n) is 3.68. The number of aryl methyl sites for hydroxylation is 1. The molecule has 5 aromatic rings. The van der Waals surface area contributed by atoms with E-state index < -0.39 is 0 Å². The predicted molar refractivity (Wildman–Crippen MR) is 131 cm³/mol. The van der Waals surface area contributed by atoms with Crippen LogP contribution < -0.4 is 4.87 Å². The summed E-state index contributed by atoms with van der Waals surface area (Å²) in [4.78, 5) is 12.7. The van der Waals surface area contributed by atoms with Crippen LogP contribution in [0, 0.1) is 0 Å². The lowest BCUT2D eigenvalue weighted by Gasteiger charge is -2.11. The topological polar surface area (TPSA) is 52.7 Å². The van der Waals surface area contributed by atoms with Crippen molar-refractivity contribution in [2.45, 2.75) is 30.4 Å². The number of hydrogen-bond acceptors (Lipinski definition) is 5. The average molecular weight is 459 g/mol. The molecule has 0 amide bonds. The molecular weight excluding hydrogens is 436 g/mol. The third-order valence-corrected chi connectivity index (χ3v) is 7.34. The minimum atomic E-state index is 0.0299. The Morgan fingerprint density at radius 1 is 0.781 bits per heavy atom. The molecule has 2 heterocycles. The standard InChI is InChI=1S/C25H22N4OS2/c30-25-29(21-13-7-8-14-22(21)32-25)17-23-26-27-24(31-18-20-11-5-2-6-12-20)28(23)16-15-19-9-3-1-4-10-19/h1-14H,15-18H2. The van der Waals surface area contributed by atoms with E-state index in [1.165, 1.54) is 22.5 Å². The minimum absolute atomic E-state index is 0.0299. The van der Waals surface area contributed by atoms with Gasteiger partial charge in [-0.25, -0.2) is 0 Å². The highest BCUT2D eigenvalue weighted by Gasteiger charge is 2.16. The molecule has 0 bridgehead atoms. The largest absolute Gasteiger partial charge is 0.308 e. The Morgan fingerprint density at radius 2 is 1.47 bits per heavy atom. The summed E-state index contributed by atoms with van der Waals surface area (Å²) in [5.74, 6) is 1.63. The highest BCUT2D eigenvalue weighted by molar-refractivity contribution is 7.98. The Bertz CT molecular complexity index is 1370. The molecule has 0 aliphatic heterocycles. The lowest BCUT2D eigenvalue weighted by Crippen LogP contribution is -2.18. The van der Waals surface area contributed by atoms with E-state index in [9.17, 15) is 4.79 Å². The molecule has 0 saturated carbocycles. The van der Waals surface area contributed by atoms with Crippen molar-refractivity contribution in [3.63, 3.8) is 0 Å². The van der Waals surface area contributed by atoms with Crippen LogP contribution in [0.2, 0.25) is 0 Å². The van der Waals surface area contributed by atoms with E-state index in [2.05, 4.69) is 63.3 Å². The van der Waals surface area contributed by atoms with Gasteiger partial charge < -0.3 is 4.57 Å². The molecule has 160 valence electrons. The van der Waals surface area contributed by atoms with Crippen LogP contribution in [0.5, 0.6) is 0 Å². The maximum atomic E-state index is 12.7. The van der Waals surface area contributed by atoms with Crippen molar-refractivity contribution in [3.05, 3.63) is 112 Å². The van der Waals surface area contributed by atoms with Gasteiger partial charge in [-0.2, -0.15) is 0 Å². The fraction of sp³-hybridized carbons (Fsp3) is 0.160. The van der Waals surface area contributed by atoms with Crippen LogP contribution in [-0.2, 0) is 25.3 Å². The molecule has 5 rings (SSSR count). The molecule has 0 N–H and O–H groups in total. The molecular formula is C25H22N4OS2. The van der Waals surface area contributed by atoms with Gasteiger partial charge >= 0.3 is 4.87 Å². The van der Waals surface area contributed by atoms with Gasteiger partial charge in [-0.05, 0) is 29.7 Å². The van der Waals surface area contributed by atoms with Gasteiger partial charge in [0, 0.05) is 12.3 Å². The maximum Gasteiger partial charge on any atom is 0.308 e. The van der Waals surface area contributed by atoms with Crippen molar-refractivity contribution in [1.29, 1.82) is 0 Å². The number of para-hydroxylation sites is 1. The van der Waals surface area contributed by atoms with Crippen molar-refractivity contribution in [1.82, 2.24) is 19.3 Å². The Labute approximate surface area is 194 Å². The highest BCUT2D eigenvalue weighted by atomic mass is 32.2. The lowest BCUT2D eigenvalue weighted by atomic mass is 10.1. The number of rotatable bonds is 8. The lowest BCUT2D eigenvalue weighted by molar-refractivity contribution is 0.586. The molecule has 0 radical (unpaired) electrons. The summed E-state index contributed by atoms with van der Waals surface area (Å²) in [6.07, 6.45) is 0.879. The quantitative estimate of drug-likeness (QED) is 0.299. The second-order valence-electron chi connectivity index (χ2n) is 7.48. The summed E-state index contributed by atoms with van der Waals surface area (Å²) in [7, 11) is 0. The molecule has 32 heavy (non-hydrogen) atoms. The monoisotopic (exact) mass is 458 g/mol. The summed E-state index contributed by atoms with van der Waals surface area (Å²) < 4.78 is 4.96. The summed E-state index contributed by atoms with van der Waals surface area (Å²) in [6, 6.07) is 28.7. The predicted octanol–water partition coefficient (Wildman–Crippen LogP) is 5.24. The first-order chi connectivity index (χ1) is 15.8. The highest BCUT2D eigenvalue weighted by Crippen LogP contribution is 2.24. The smallest absolute Gasteiger partial charge is 0.304 e. The van der Waals surface area contributed by atoms with Crippen molar-refractivity contribution in [2.75, 3.05) is 0 Å². The van der Waals surface area contributed by atoms with Crippen LogP contribution >= 0.6 is 23.1 Å². The number of fused-ring (bicyclic) bond motifs is 1. The van der Waals surface area contributed by atoms with E-state index in [4.69, 9.17) is 0 Å². The molecule has 0 fully saturated rings. The molecule has 0 spiro atoms. The second-order valence-corrected chi connectivity index (χ2v) is 9.42. The SMILES string of the molecule is O=c1sc2ccccc2n1Cc1nnc(SCc2ccccc2)n1CCc1ccccc1. The molecule has 7 heteroatoms. The maximum absolute atomic E-state index is 12.7. The zero-order chi connectivity index (χ0) is 21.8. The van der Waals surface area contributed by atoms with Crippen molar-refractivity contribution < 1.29 is 0 Å². The second kappa shape index (κ2) is 9.54. The molecule has 3 aromatic carbocycles. The Kier molecular flexibility index (Phi) is 6.18. The zero-order valence-corrected chi connectivity index (χ0v) is 19.1. The minimum Gasteiger partial charge on any atom is -0.304 e. The summed E-state index contributed by atoms with van der Waals surface area (Å²) in [5.41, 5.74) is 3.46. The number of benzene rings is 3. The zero-order valence-electron chi connectivity index (χ0n) is 17.4. The Hall–Kier alpha value is -3.16. The Morgan fingerprint density at radius 3 is 2.25 bits per heavy atom. The molecule has 0 saturated heterocycles. The van der Waals surface area contributed by atoms with E-state index in [0.717, 1.165) is 39.9 Å². The van der Waals surface area contributed by atoms with Crippen molar-refractivity contribution in [2.24, 2.45) is 0 Å². The van der Waals surface area contributed by atoms with Crippen molar-refractivity contribution in [3.8, 4) is 0 Å². The van der Waals surface area contributed by atoms with Gasteiger partial charge in [0.1, 0.15) is 0 Å². The van der Waals surface area contributed by atoms with E-state index in [-0.39, 0.29) is 4.87 Å². The number of thioether (sulfide) groups is 1. The molecule has 0 unspecified atom stereocenters. The van der Waals surface area contributed by atoms with Crippen LogP contribution in [0.15, 0.2) is 94.9 Å². The number of hydrogen-bond donors (Lipinski definition) is 0. The first-order valence-corrected chi connectivity index (χ1v) is 12.3. The van der Waals surface area contributed by atoms with Crippen LogP contribution in [0.1, 0.15) is 17.0 Å². The van der Waals surface area contributed by atoms with E-state index >= 15 is 0 Å². The molecule has 0 aliphatic rings. The first-order valence-electron chi connectivity index (χ1n) is 10.5.